The lowest BCUT2D eigenvalue weighted by Crippen LogP contribution is -2.47. The van der Waals surface area contributed by atoms with Crippen molar-refractivity contribution in [2.75, 3.05) is 38.5 Å². The Morgan fingerprint density at radius 3 is 2.56 bits per heavy atom. The number of rotatable bonds is 4. The predicted octanol–water partition coefficient (Wildman–Crippen LogP) is 5.78. The van der Waals surface area contributed by atoms with E-state index in [1.807, 2.05) is 55.0 Å². The number of carbonyl (C=O) groups is 1. The minimum atomic E-state index is -0.502. The summed E-state index contributed by atoms with van der Waals surface area (Å²) in [6.07, 6.45) is 1.77. The molecule has 1 N–H and O–H groups in total. The first-order chi connectivity index (χ1) is 17.5. The van der Waals surface area contributed by atoms with Gasteiger partial charge in [0.05, 0.1) is 26.8 Å². The Morgan fingerprint density at radius 2 is 1.72 bits per heavy atom. The van der Waals surface area contributed by atoms with E-state index in [-0.39, 0.29) is 11.5 Å². The number of benzene rings is 3. The van der Waals surface area contributed by atoms with E-state index in [9.17, 15) is 4.79 Å². The van der Waals surface area contributed by atoms with Crippen molar-refractivity contribution in [3.8, 4) is 11.1 Å². The maximum absolute atomic E-state index is 15.1. The quantitative estimate of drug-likeness (QED) is 0.341. The second kappa shape index (κ2) is 9.29. The van der Waals surface area contributed by atoms with Gasteiger partial charge in [0.25, 0.3) is 5.91 Å². The van der Waals surface area contributed by atoms with E-state index in [2.05, 4.69) is 26.3 Å². The van der Waals surface area contributed by atoms with Gasteiger partial charge < -0.3 is 15.1 Å². The van der Waals surface area contributed by atoms with E-state index in [0.717, 1.165) is 51.1 Å². The minimum Gasteiger partial charge on any atom is -0.355 e. The second-order valence-corrected chi connectivity index (χ2v) is 9.93. The van der Waals surface area contributed by atoms with E-state index in [1.165, 1.54) is 6.07 Å². The Balaban J connectivity index is 1.30. The number of fused-ring (bicyclic) bond motifs is 2. The van der Waals surface area contributed by atoms with Crippen molar-refractivity contribution in [2.24, 2.45) is 0 Å². The molecule has 0 atom stereocenters. The number of hydrogen-bond acceptors (Lipinski definition) is 6. The molecule has 0 bridgehead atoms. The number of anilines is 2. The van der Waals surface area contributed by atoms with Gasteiger partial charge in [-0.1, -0.05) is 12.1 Å². The number of carbonyl (C=O) groups excluding carboxylic acids is 1. The molecule has 8 heteroatoms. The highest BCUT2D eigenvalue weighted by Gasteiger charge is 2.23. The molecule has 180 valence electrons. The van der Waals surface area contributed by atoms with Gasteiger partial charge in [-0.2, -0.15) is 0 Å². The average molecular weight is 498 g/mol. The van der Waals surface area contributed by atoms with E-state index in [4.69, 9.17) is 0 Å². The number of amides is 1. The number of piperazine rings is 1. The number of likely N-dealkylation sites (N-methyl/N-ethyl adjacent to an activating group) is 1. The van der Waals surface area contributed by atoms with Crippen LogP contribution < -0.4 is 5.32 Å². The third kappa shape index (κ3) is 4.29. The molecule has 3 aromatic carbocycles. The van der Waals surface area contributed by atoms with E-state index < -0.39 is 5.82 Å². The molecule has 1 aliphatic heterocycles. The Morgan fingerprint density at radius 1 is 0.917 bits per heavy atom. The zero-order valence-electron chi connectivity index (χ0n) is 19.7. The van der Waals surface area contributed by atoms with Crippen LogP contribution >= 0.6 is 11.3 Å². The van der Waals surface area contributed by atoms with Crippen molar-refractivity contribution in [1.82, 2.24) is 19.8 Å². The monoisotopic (exact) mass is 497 g/mol. The van der Waals surface area contributed by atoms with Crippen molar-refractivity contribution < 1.29 is 9.18 Å². The van der Waals surface area contributed by atoms with E-state index in [1.54, 1.807) is 28.5 Å². The van der Waals surface area contributed by atoms with Gasteiger partial charge in [0.15, 0.2) is 0 Å². The summed E-state index contributed by atoms with van der Waals surface area (Å²) >= 11 is 1.61. The predicted molar refractivity (Wildman–Crippen MR) is 143 cm³/mol. The smallest absolute Gasteiger partial charge is 0.256 e. The van der Waals surface area contributed by atoms with Crippen molar-refractivity contribution >= 4 is 49.7 Å². The van der Waals surface area contributed by atoms with Crippen LogP contribution in [0, 0.1) is 5.82 Å². The molecule has 5 aromatic rings. The molecule has 6 rings (SSSR count). The number of nitrogens with zero attached hydrogens (tertiary/aromatic N) is 4. The lowest BCUT2D eigenvalue weighted by atomic mass is 10.0. The maximum Gasteiger partial charge on any atom is 0.256 e. The van der Waals surface area contributed by atoms with Crippen LogP contribution in [0.15, 0.2) is 72.4 Å². The van der Waals surface area contributed by atoms with Crippen LogP contribution in [0.4, 0.5) is 15.8 Å². The highest BCUT2D eigenvalue weighted by molar-refractivity contribution is 7.16. The van der Waals surface area contributed by atoms with Gasteiger partial charge in [0.2, 0.25) is 0 Å². The molecule has 1 fully saturated rings. The topological polar surface area (TPSA) is 61.4 Å². The first kappa shape index (κ1) is 22.6. The fourth-order valence-corrected chi connectivity index (χ4v) is 5.23. The Hall–Kier alpha value is -3.88. The second-order valence-electron chi connectivity index (χ2n) is 9.04. The normalized spacial score (nSPS) is 14.4. The average Bonchev–Trinajstić information content (AvgIpc) is 3.37. The summed E-state index contributed by atoms with van der Waals surface area (Å²) in [7, 11) is 2.02. The molecule has 1 saturated heterocycles. The van der Waals surface area contributed by atoms with Gasteiger partial charge in [-0.15, -0.1) is 11.3 Å². The first-order valence-corrected chi connectivity index (χ1v) is 12.7. The van der Waals surface area contributed by atoms with Crippen LogP contribution in [0.2, 0.25) is 0 Å². The minimum absolute atomic E-state index is 0.116. The summed E-state index contributed by atoms with van der Waals surface area (Å²) in [6, 6.07) is 18.8. The zero-order valence-corrected chi connectivity index (χ0v) is 20.6. The molecule has 2 aromatic heterocycles. The molecule has 0 unspecified atom stereocenters. The number of aromatic nitrogens is 2. The Labute approximate surface area is 212 Å². The fraction of sp³-hybridized carbons (Fsp3) is 0.179. The molecule has 0 saturated carbocycles. The lowest BCUT2D eigenvalue weighted by Gasteiger charge is -2.32. The summed E-state index contributed by atoms with van der Waals surface area (Å²) < 4.78 is 16.2. The van der Waals surface area contributed by atoms with Crippen molar-refractivity contribution in [2.45, 2.75) is 0 Å². The van der Waals surface area contributed by atoms with Gasteiger partial charge in [-0.3, -0.25) is 9.78 Å². The lowest BCUT2D eigenvalue weighted by molar-refractivity contribution is 0.0659. The number of halogens is 1. The summed E-state index contributed by atoms with van der Waals surface area (Å²) in [5, 5.41) is 4.40. The van der Waals surface area contributed by atoms with Crippen LogP contribution in [-0.2, 0) is 0 Å². The van der Waals surface area contributed by atoms with E-state index >= 15 is 4.39 Å². The Bertz CT molecular complexity index is 1590. The van der Waals surface area contributed by atoms with Crippen molar-refractivity contribution in [1.29, 1.82) is 0 Å². The highest BCUT2D eigenvalue weighted by Crippen LogP contribution is 2.32. The summed E-state index contributed by atoms with van der Waals surface area (Å²) in [5.74, 6) is -0.754. The molecular weight excluding hydrogens is 473 g/mol. The SMILES string of the molecule is CN1CCN(C(=O)c2ccc(-c3ccc4nccc(Nc5ccc6scnc6c5)c4c3)cc2F)CC1. The standard InChI is InChI=1S/C28H24FN5OS/c1-33-10-12-34(13-11-33)28(35)21-5-2-19(15-23(21)29)18-3-6-24-22(14-18)25(8-9-30-24)32-20-4-7-27-26(16-20)31-17-36-27/h2-9,14-17H,10-13H2,1H3,(H,30,32). The molecule has 6 nitrogen and oxygen atoms in total. The fourth-order valence-electron chi connectivity index (χ4n) is 4.57. The molecule has 1 aliphatic rings. The van der Waals surface area contributed by atoms with E-state index in [0.29, 0.717) is 18.7 Å². The molecule has 36 heavy (non-hydrogen) atoms. The molecule has 1 amide bonds. The van der Waals surface area contributed by atoms with Gasteiger partial charge in [0, 0.05) is 49.1 Å². The van der Waals surface area contributed by atoms with Gasteiger partial charge in [0.1, 0.15) is 5.82 Å². The van der Waals surface area contributed by atoms with Crippen LogP contribution in [0.1, 0.15) is 10.4 Å². The number of hydrogen-bond donors (Lipinski definition) is 1. The molecule has 0 aliphatic carbocycles. The van der Waals surface area contributed by atoms with Gasteiger partial charge in [-0.05, 0) is 66.7 Å². The van der Waals surface area contributed by atoms with Crippen molar-refractivity contribution in [3.05, 3.63) is 83.8 Å². The number of pyridine rings is 1. The third-order valence-corrected chi connectivity index (χ3v) is 7.48. The summed E-state index contributed by atoms with van der Waals surface area (Å²) in [6.45, 7) is 2.81. The largest absolute Gasteiger partial charge is 0.355 e. The third-order valence-electron chi connectivity index (χ3n) is 6.67. The summed E-state index contributed by atoms with van der Waals surface area (Å²) in [5.41, 5.74) is 7.14. The van der Waals surface area contributed by atoms with Crippen LogP contribution in [0.25, 0.3) is 32.2 Å². The van der Waals surface area contributed by atoms with Crippen LogP contribution in [0.3, 0.4) is 0 Å². The molecule has 3 heterocycles. The molecule has 0 radical (unpaired) electrons. The zero-order chi connectivity index (χ0) is 24.6. The maximum atomic E-state index is 15.1. The summed E-state index contributed by atoms with van der Waals surface area (Å²) in [4.78, 5) is 25.7. The van der Waals surface area contributed by atoms with Gasteiger partial charge in [-0.25, -0.2) is 9.37 Å². The van der Waals surface area contributed by atoms with Crippen LogP contribution in [0.5, 0.6) is 0 Å². The van der Waals surface area contributed by atoms with Crippen molar-refractivity contribution in [3.63, 3.8) is 0 Å². The highest BCUT2D eigenvalue weighted by atomic mass is 32.1. The number of thiazole rings is 1. The van der Waals surface area contributed by atoms with Crippen LogP contribution in [-0.4, -0.2) is 58.9 Å². The van der Waals surface area contributed by atoms with Gasteiger partial charge >= 0.3 is 0 Å². The number of nitrogens with one attached hydrogen (secondary N) is 1. The first-order valence-electron chi connectivity index (χ1n) is 11.8. The molecular formula is C28H24FN5OS. The molecule has 0 spiro atoms. The Kier molecular flexibility index (Phi) is 5.83.